The van der Waals surface area contributed by atoms with Gasteiger partial charge in [-0.25, -0.2) is 0 Å². The van der Waals surface area contributed by atoms with Crippen LogP contribution in [-0.2, 0) is 4.79 Å². The molecule has 9 atom stereocenters. The predicted molar refractivity (Wildman–Crippen MR) is 94.7 cm³/mol. The van der Waals surface area contributed by atoms with Gasteiger partial charge in [0.05, 0.1) is 12.2 Å². The van der Waals surface area contributed by atoms with E-state index in [0.29, 0.717) is 24.7 Å². The number of carbonyl (C=O) groups excluding carboxylic acids is 1. The molecule has 0 aromatic carbocycles. The number of aliphatic hydroxyl groups is 3. The minimum atomic E-state index is -1.20. The molecule has 0 aliphatic heterocycles. The summed E-state index contributed by atoms with van der Waals surface area (Å²) >= 11 is 0. The highest BCUT2D eigenvalue weighted by Crippen LogP contribution is 2.67. The van der Waals surface area contributed by atoms with Crippen molar-refractivity contribution in [3.8, 4) is 0 Å². The fraction of sp³-hybridized carbons (Fsp3) is 0.857. The fourth-order valence-corrected chi connectivity index (χ4v) is 7.43. The van der Waals surface area contributed by atoms with Crippen LogP contribution in [0.4, 0.5) is 0 Å². The molecule has 0 saturated heterocycles. The molecule has 0 heterocycles. The number of Topliss-reactive ketones (excluding diaryl/α,β-unsaturated/α-hetero) is 1. The van der Waals surface area contributed by atoms with E-state index < -0.39 is 17.8 Å². The third kappa shape index (κ3) is 2.14. The summed E-state index contributed by atoms with van der Waals surface area (Å²) in [5.74, 6) is 1.08. The van der Waals surface area contributed by atoms with Crippen LogP contribution in [0.1, 0.15) is 59.3 Å². The maximum atomic E-state index is 12.2. The Morgan fingerprint density at radius 2 is 1.72 bits per heavy atom. The Balaban J connectivity index is 1.72. The molecule has 0 spiro atoms. The summed E-state index contributed by atoms with van der Waals surface area (Å²) in [7, 11) is 0. The van der Waals surface area contributed by atoms with Crippen molar-refractivity contribution in [1.29, 1.82) is 0 Å². The molecule has 4 aliphatic carbocycles. The van der Waals surface area contributed by atoms with Gasteiger partial charge in [-0.2, -0.15) is 0 Å². The predicted octanol–water partition coefficient (Wildman–Crippen LogP) is 2.46. The van der Waals surface area contributed by atoms with Gasteiger partial charge in [0.2, 0.25) is 0 Å². The molecule has 25 heavy (non-hydrogen) atoms. The molecule has 3 N–H and O–H groups in total. The highest BCUT2D eigenvalue weighted by Gasteiger charge is 2.66. The van der Waals surface area contributed by atoms with E-state index in [9.17, 15) is 20.1 Å². The molecule has 0 radical (unpaired) electrons. The van der Waals surface area contributed by atoms with Gasteiger partial charge in [0.15, 0.2) is 5.78 Å². The molecular weight excluding hydrogens is 316 g/mol. The largest absolute Gasteiger partial charge is 0.393 e. The molecule has 4 rings (SSSR count). The summed E-state index contributed by atoms with van der Waals surface area (Å²) in [6.45, 7) is 5.87. The lowest BCUT2D eigenvalue weighted by Gasteiger charge is -2.61. The van der Waals surface area contributed by atoms with Crippen molar-refractivity contribution >= 4 is 5.78 Å². The zero-order valence-corrected chi connectivity index (χ0v) is 15.6. The van der Waals surface area contributed by atoms with Gasteiger partial charge >= 0.3 is 0 Å². The van der Waals surface area contributed by atoms with Crippen molar-refractivity contribution in [2.24, 2.45) is 34.5 Å². The lowest BCUT2D eigenvalue weighted by Crippen LogP contribution is -2.60. The third-order valence-electron chi connectivity index (χ3n) is 8.92. The van der Waals surface area contributed by atoms with Gasteiger partial charge in [-0.1, -0.05) is 26.0 Å². The zero-order valence-electron chi connectivity index (χ0n) is 15.6. The lowest BCUT2D eigenvalue weighted by atomic mass is 9.45. The van der Waals surface area contributed by atoms with Crippen molar-refractivity contribution in [2.75, 3.05) is 0 Å². The van der Waals surface area contributed by atoms with Crippen molar-refractivity contribution in [3.05, 3.63) is 12.2 Å². The maximum Gasteiger partial charge on any atom is 0.161 e. The van der Waals surface area contributed by atoms with Crippen LogP contribution in [-0.4, -0.2) is 38.9 Å². The molecular formula is C21H32O4. The van der Waals surface area contributed by atoms with Crippen LogP contribution >= 0.6 is 0 Å². The second-order valence-corrected chi connectivity index (χ2v) is 9.73. The van der Waals surface area contributed by atoms with Gasteiger partial charge in [0.25, 0.3) is 0 Å². The summed E-state index contributed by atoms with van der Waals surface area (Å²) in [4.78, 5) is 12.2. The van der Waals surface area contributed by atoms with Crippen LogP contribution in [0.25, 0.3) is 0 Å². The molecule has 0 bridgehead atoms. The molecule has 3 fully saturated rings. The van der Waals surface area contributed by atoms with Crippen molar-refractivity contribution < 1.29 is 20.1 Å². The summed E-state index contributed by atoms with van der Waals surface area (Å²) in [5.41, 5.74) is -1.68. The molecule has 4 aliphatic rings. The number of aliphatic hydroxyl groups excluding tert-OH is 2. The third-order valence-corrected chi connectivity index (χ3v) is 8.92. The smallest absolute Gasteiger partial charge is 0.161 e. The van der Waals surface area contributed by atoms with Gasteiger partial charge in [-0.15, -0.1) is 0 Å². The van der Waals surface area contributed by atoms with Crippen molar-refractivity contribution in [2.45, 2.75) is 77.1 Å². The number of hydrogen-bond donors (Lipinski definition) is 3. The SMILES string of the molecule is CC(=O)[C@@]1(O)CC[C@H]2[C@@H]3C[C@H](O)C4C[C@H](O)C=C[C@]4(C)[C@H]3CC[C@@]21C. The average Bonchev–Trinajstić information content (AvgIpc) is 2.83. The maximum absolute atomic E-state index is 12.2. The minimum Gasteiger partial charge on any atom is -0.393 e. The van der Waals surface area contributed by atoms with Crippen LogP contribution < -0.4 is 0 Å². The Hall–Kier alpha value is -0.710. The Morgan fingerprint density at radius 3 is 2.40 bits per heavy atom. The normalized spacial score (nSPS) is 57.5. The van der Waals surface area contributed by atoms with Crippen LogP contribution in [0.5, 0.6) is 0 Å². The minimum absolute atomic E-state index is 0.0974. The second kappa shape index (κ2) is 5.40. The number of allylic oxidation sites excluding steroid dienone is 1. The van der Waals surface area contributed by atoms with E-state index in [0.717, 1.165) is 25.7 Å². The number of fused-ring (bicyclic) bond motifs is 5. The van der Waals surface area contributed by atoms with E-state index >= 15 is 0 Å². The number of hydrogen-bond acceptors (Lipinski definition) is 4. The van der Waals surface area contributed by atoms with Crippen LogP contribution in [0.2, 0.25) is 0 Å². The van der Waals surface area contributed by atoms with E-state index in [1.807, 2.05) is 6.08 Å². The lowest BCUT2D eigenvalue weighted by molar-refractivity contribution is -0.173. The zero-order chi connectivity index (χ0) is 18.2. The van der Waals surface area contributed by atoms with Crippen molar-refractivity contribution in [3.63, 3.8) is 0 Å². The molecule has 3 saturated carbocycles. The van der Waals surface area contributed by atoms with Gasteiger partial charge in [0, 0.05) is 5.41 Å². The van der Waals surface area contributed by atoms with E-state index in [1.54, 1.807) is 0 Å². The van der Waals surface area contributed by atoms with E-state index in [2.05, 4.69) is 19.9 Å². The molecule has 140 valence electrons. The molecule has 0 amide bonds. The first-order valence-corrected chi connectivity index (χ1v) is 9.92. The highest BCUT2D eigenvalue weighted by atomic mass is 16.3. The summed E-state index contributed by atoms with van der Waals surface area (Å²) < 4.78 is 0. The molecule has 0 aromatic heterocycles. The second-order valence-electron chi connectivity index (χ2n) is 9.73. The van der Waals surface area contributed by atoms with E-state index in [4.69, 9.17) is 0 Å². The average molecular weight is 348 g/mol. The summed E-state index contributed by atoms with van der Waals surface area (Å²) in [5, 5.41) is 32.1. The quantitative estimate of drug-likeness (QED) is 0.636. The first-order chi connectivity index (χ1) is 11.6. The molecule has 4 heteroatoms. The Bertz CT molecular complexity index is 615. The summed E-state index contributed by atoms with van der Waals surface area (Å²) in [6, 6.07) is 0. The van der Waals surface area contributed by atoms with Gasteiger partial charge in [-0.05, 0) is 74.5 Å². The van der Waals surface area contributed by atoms with E-state index in [1.165, 1.54) is 6.92 Å². The number of carbonyl (C=O) groups is 1. The van der Waals surface area contributed by atoms with Gasteiger partial charge in [0.1, 0.15) is 5.60 Å². The Kier molecular flexibility index (Phi) is 3.82. The number of ketones is 1. The standard InChI is InChI=1S/C21H32O4/c1-12(22)21(25)9-6-16-14-11-18(24)17-10-13(23)4-7-19(17,2)15(14)5-8-20(16,21)3/h4,7,13-18,23-25H,5-6,8-11H2,1-3H3/t13-,14-,15+,16+,17?,18+,19-,20+,21+/m1/s1. The van der Waals surface area contributed by atoms with Crippen molar-refractivity contribution in [1.82, 2.24) is 0 Å². The van der Waals surface area contributed by atoms with Crippen LogP contribution in [0, 0.1) is 34.5 Å². The Morgan fingerprint density at radius 1 is 1.04 bits per heavy atom. The fourth-order valence-electron chi connectivity index (χ4n) is 7.43. The van der Waals surface area contributed by atoms with Crippen LogP contribution in [0.3, 0.4) is 0 Å². The summed E-state index contributed by atoms with van der Waals surface area (Å²) in [6.07, 6.45) is 7.82. The monoisotopic (exact) mass is 348 g/mol. The van der Waals surface area contributed by atoms with E-state index in [-0.39, 0.29) is 28.4 Å². The van der Waals surface area contributed by atoms with Crippen LogP contribution in [0.15, 0.2) is 12.2 Å². The first kappa shape index (κ1) is 17.7. The van der Waals surface area contributed by atoms with Gasteiger partial charge in [-0.3, -0.25) is 4.79 Å². The molecule has 1 unspecified atom stereocenters. The number of rotatable bonds is 1. The Labute approximate surface area is 150 Å². The topological polar surface area (TPSA) is 77.8 Å². The molecule has 0 aromatic rings. The first-order valence-electron chi connectivity index (χ1n) is 9.92. The van der Waals surface area contributed by atoms with Gasteiger partial charge < -0.3 is 15.3 Å². The molecule has 4 nitrogen and oxygen atoms in total. The highest BCUT2D eigenvalue weighted by molar-refractivity contribution is 5.86.